The number of tetrazole rings is 1. The van der Waals surface area contributed by atoms with Crippen LogP contribution in [-0.2, 0) is 5.41 Å². The third-order valence-electron chi connectivity index (χ3n) is 3.33. The van der Waals surface area contributed by atoms with Gasteiger partial charge in [0.1, 0.15) is 0 Å². The highest BCUT2D eigenvalue weighted by Crippen LogP contribution is 2.28. The quantitative estimate of drug-likeness (QED) is 0.930. The summed E-state index contributed by atoms with van der Waals surface area (Å²) in [4.78, 5) is 0. The number of benzene rings is 1. The molecule has 0 radical (unpaired) electrons. The first-order valence-electron chi connectivity index (χ1n) is 7.06. The van der Waals surface area contributed by atoms with Gasteiger partial charge >= 0.3 is 0 Å². The number of hydrogen-bond acceptors (Lipinski definition) is 4. The monoisotopic (exact) mass is 273 g/mol. The number of rotatable bonds is 4. The highest BCUT2D eigenvalue weighted by molar-refractivity contribution is 5.44. The molecule has 1 aromatic carbocycles. The Morgan fingerprint density at radius 2 is 1.95 bits per heavy atom. The summed E-state index contributed by atoms with van der Waals surface area (Å²) in [6.07, 6.45) is 0. The van der Waals surface area contributed by atoms with Gasteiger partial charge in [-0.1, -0.05) is 45.9 Å². The van der Waals surface area contributed by atoms with Gasteiger partial charge in [-0.25, -0.2) is 0 Å². The maximum absolute atomic E-state index is 4.18. The van der Waals surface area contributed by atoms with Crippen LogP contribution in [0.4, 0.5) is 0 Å². The maximum Gasteiger partial charge on any atom is 0.173 e. The summed E-state index contributed by atoms with van der Waals surface area (Å²) in [5.41, 5.74) is 2.32. The van der Waals surface area contributed by atoms with Crippen molar-refractivity contribution in [1.29, 1.82) is 0 Å². The Balaban J connectivity index is 2.51. The van der Waals surface area contributed by atoms with Crippen molar-refractivity contribution in [2.45, 2.75) is 46.1 Å². The van der Waals surface area contributed by atoms with Crippen molar-refractivity contribution >= 4 is 0 Å². The zero-order chi connectivity index (χ0) is 14.8. The van der Waals surface area contributed by atoms with Crippen LogP contribution in [0.2, 0.25) is 0 Å². The van der Waals surface area contributed by atoms with Crippen molar-refractivity contribution in [2.24, 2.45) is 0 Å². The third kappa shape index (κ3) is 2.88. The van der Waals surface area contributed by atoms with Gasteiger partial charge in [0, 0.05) is 0 Å². The van der Waals surface area contributed by atoms with Crippen LogP contribution >= 0.6 is 0 Å². The van der Waals surface area contributed by atoms with Crippen molar-refractivity contribution < 1.29 is 0 Å². The number of para-hydroxylation sites is 1. The predicted molar refractivity (Wildman–Crippen MR) is 79.9 cm³/mol. The van der Waals surface area contributed by atoms with E-state index >= 15 is 0 Å². The van der Waals surface area contributed by atoms with E-state index in [4.69, 9.17) is 0 Å². The SMILES string of the molecule is CCNC(C)c1nnnn1-c1ccccc1C(C)(C)C. The zero-order valence-corrected chi connectivity index (χ0v) is 12.9. The van der Waals surface area contributed by atoms with E-state index in [1.165, 1.54) is 5.56 Å². The molecule has 0 saturated carbocycles. The van der Waals surface area contributed by atoms with Gasteiger partial charge in [-0.05, 0) is 40.9 Å². The first-order chi connectivity index (χ1) is 9.45. The first kappa shape index (κ1) is 14.7. The molecule has 0 aliphatic rings. The molecule has 0 bridgehead atoms. The summed E-state index contributed by atoms with van der Waals surface area (Å²) in [5, 5.41) is 15.6. The van der Waals surface area contributed by atoms with Crippen molar-refractivity contribution in [3.05, 3.63) is 35.7 Å². The molecule has 5 nitrogen and oxygen atoms in total. The third-order valence-corrected chi connectivity index (χ3v) is 3.33. The Labute approximate surface area is 120 Å². The van der Waals surface area contributed by atoms with Crippen LogP contribution in [-0.4, -0.2) is 26.8 Å². The second-order valence-corrected chi connectivity index (χ2v) is 6.00. The summed E-state index contributed by atoms with van der Waals surface area (Å²) >= 11 is 0. The summed E-state index contributed by atoms with van der Waals surface area (Å²) in [6.45, 7) is 11.6. The molecule has 1 unspecified atom stereocenters. The number of nitrogens with one attached hydrogen (secondary N) is 1. The Kier molecular flexibility index (Phi) is 4.18. The summed E-state index contributed by atoms with van der Waals surface area (Å²) in [5.74, 6) is 0.837. The minimum atomic E-state index is 0.0429. The molecule has 1 heterocycles. The van der Waals surface area contributed by atoms with Gasteiger partial charge in [-0.15, -0.1) is 5.10 Å². The first-order valence-corrected chi connectivity index (χ1v) is 7.06. The van der Waals surface area contributed by atoms with Crippen molar-refractivity contribution in [3.63, 3.8) is 0 Å². The lowest BCUT2D eigenvalue weighted by Crippen LogP contribution is -2.23. The standard InChI is InChI=1S/C15H23N5/c1-6-16-11(2)14-17-18-19-20(14)13-10-8-7-9-12(13)15(3,4)5/h7-11,16H,6H2,1-5H3. The van der Waals surface area contributed by atoms with Crippen molar-refractivity contribution in [2.75, 3.05) is 6.54 Å². The highest BCUT2D eigenvalue weighted by atomic mass is 15.5. The van der Waals surface area contributed by atoms with E-state index in [0.29, 0.717) is 0 Å². The molecule has 20 heavy (non-hydrogen) atoms. The smallest absolute Gasteiger partial charge is 0.173 e. The van der Waals surface area contributed by atoms with Gasteiger partial charge in [-0.3, -0.25) is 0 Å². The molecule has 0 fully saturated rings. The predicted octanol–water partition coefficient (Wildman–Crippen LogP) is 2.63. The second-order valence-electron chi connectivity index (χ2n) is 6.00. The molecule has 5 heteroatoms. The molecule has 1 N–H and O–H groups in total. The minimum Gasteiger partial charge on any atom is -0.308 e. The van der Waals surface area contributed by atoms with E-state index in [0.717, 1.165) is 18.1 Å². The highest BCUT2D eigenvalue weighted by Gasteiger charge is 2.22. The summed E-state index contributed by atoms with van der Waals surface area (Å²) in [7, 11) is 0. The molecule has 0 aliphatic heterocycles. The van der Waals surface area contributed by atoms with Gasteiger partial charge in [0.05, 0.1) is 11.7 Å². The largest absolute Gasteiger partial charge is 0.308 e. The minimum absolute atomic E-state index is 0.0429. The Bertz CT molecular complexity index is 568. The summed E-state index contributed by atoms with van der Waals surface area (Å²) in [6, 6.07) is 8.40. The molecule has 2 rings (SSSR count). The topological polar surface area (TPSA) is 55.6 Å². The normalized spacial score (nSPS) is 13.4. The van der Waals surface area contributed by atoms with Crippen molar-refractivity contribution in [1.82, 2.24) is 25.5 Å². The zero-order valence-electron chi connectivity index (χ0n) is 12.9. The number of aromatic nitrogens is 4. The lowest BCUT2D eigenvalue weighted by molar-refractivity contribution is 0.541. The molecular weight excluding hydrogens is 250 g/mol. The van der Waals surface area contributed by atoms with Crippen molar-refractivity contribution in [3.8, 4) is 5.69 Å². The molecule has 0 saturated heterocycles. The average molecular weight is 273 g/mol. The van der Waals surface area contributed by atoms with Crippen LogP contribution in [0.1, 0.15) is 52.0 Å². The van der Waals surface area contributed by atoms with Gasteiger partial charge in [0.15, 0.2) is 5.82 Å². The summed E-state index contributed by atoms with van der Waals surface area (Å²) < 4.78 is 1.84. The molecule has 2 aromatic rings. The van der Waals surface area contributed by atoms with Crippen LogP contribution in [0.15, 0.2) is 24.3 Å². The molecular formula is C15H23N5. The van der Waals surface area contributed by atoms with E-state index < -0.39 is 0 Å². The molecule has 0 amide bonds. The fraction of sp³-hybridized carbons (Fsp3) is 0.533. The van der Waals surface area contributed by atoms with Gasteiger partial charge in [-0.2, -0.15) is 4.68 Å². The second kappa shape index (κ2) is 5.71. The van der Waals surface area contributed by atoms with Crippen LogP contribution in [0.3, 0.4) is 0 Å². The van der Waals surface area contributed by atoms with E-state index in [1.807, 2.05) is 10.7 Å². The molecule has 1 aromatic heterocycles. The Hall–Kier alpha value is -1.75. The van der Waals surface area contributed by atoms with Crippen LogP contribution in [0.25, 0.3) is 5.69 Å². The van der Waals surface area contributed by atoms with Crippen LogP contribution in [0.5, 0.6) is 0 Å². The molecule has 108 valence electrons. The lowest BCUT2D eigenvalue weighted by Gasteiger charge is -2.23. The Morgan fingerprint density at radius 1 is 1.25 bits per heavy atom. The number of nitrogens with zero attached hydrogens (tertiary/aromatic N) is 4. The van der Waals surface area contributed by atoms with E-state index in [-0.39, 0.29) is 11.5 Å². The van der Waals surface area contributed by atoms with Crippen LogP contribution in [0, 0.1) is 0 Å². The molecule has 1 atom stereocenters. The van der Waals surface area contributed by atoms with E-state index in [9.17, 15) is 0 Å². The van der Waals surface area contributed by atoms with Crippen LogP contribution < -0.4 is 5.32 Å². The average Bonchev–Trinajstić information content (AvgIpc) is 2.87. The number of hydrogen-bond donors (Lipinski definition) is 1. The fourth-order valence-corrected chi connectivity index (χ4v) is 2.33. The fourth-order valence-electron chi connectivity index (χ4n) is 2.33. The Morgan fingerprint density at radius 3 is 2.60 bits per heavy atom. The van der Waals surface area contributed by atoms with Gasteiger partial charge in [0.2, 0.25) is 0 Å². The van der Waals surface area contributed by atoms with Gasteiger partial charge < -0.3 is 5.32 Å². The maximum atomic E-state index is 4.18. The van der Waals surface area contributed by atoms with E-state index in [1.54, 1.807) is 0 Å². The van der Waals surface area contributed by atoms with Gasteiger partial charge in [0.25, 0.3) is 0 Å². The molecule has 0 spiro atoms. The van der Waals surface area contributed by atoms with E-state index in [2.05, 4.69) is 73.7 Å². The lowest BCUT2D eigenvalue weighted by atomic mass is 9.86. The molecule has 0 aliphatic carbocycles.